The molecule has 1 aromatic rings. The van der Waals surface area contributed by atoms with E-state index < -0.39 is 0 Å². The number of likely N-dealkylation sites (tertiary alicyclic amines) is 1. The summed E-state index contributed by atoms with van der Waals surface area (Å²) in [7, 11) is 0. The zero-order valence-corrected chi connectivity index (χ0v) is 13.6. The van der Waals surface area contributed by atoms with Crippen molar-refractivity contribution in [1.82, 2.24) is 4.90 Å². The predicted octanol–water partition coefficient (Wildman–Crippen LogP) is 2.70. The molecule has 110 valence electrons. The van der Waals surface area contributed by atoms with E-state index >= 15 is 0 Å². The van der Waals surface area contributed by atoms with Gasteiger partial charge < -0.3 is 10.6 Å². The van der Waals surface area contributed by atoms with E-state index in [2.05, 4.69) is 50.0 Å². The molecule has 3 rings (SSSR count). The predicted molar refractivity (Wildman–Crippen MR) is 88.1 cm³/mol. The standard InChI is InChI=1S/C16H24BrN3/c17-15-3-1-2-4-16(15)19-9-6-14(7-10-19)20-8-5-13(11-18)12-20/h1-4,13-14H,5-12,18H2. The van der Waals surface area contributed by atoms with Crippen molar-refractivity contribution < 1.29 is 0 Å². The highest BCUT2D eigenvalue weighted by molar-refractivity contribution is 9.10. The second kappa shape index (κ2) is 6.46. The monoisotopic (exact) mass is 337 g/mol. The van der Waals surface area contributed by atoms with Gasteiger partial charge in [-0.15, -0.1) is 0 Å². The van der Waals surface area contributed by atoms with Crippen molar-refractivity contribution in [2.45, 2.75) is 25.3 Å². The van der Waals surface area contributed by atoms with E-state index in [1.807, 2.05) is 0 Å². The Morgan fingerprint density at radius 1 is 1.10 bits per heavy atom. The van der Waals surface area contributed by atoms with Crippen molar-refractivity contribution >= 4 is 21.6 Å². The summed E-state index contributed by atoms with van der Waals surface area (Å²) in [6.45, 7) is 5.65. The molecule has 0 radical (unpaired) electrons. The lowest BCUT2D eigenvalue weighted by molar-refractivity contribution is 0.201. The number of rotatable bonds is 3. The van der Waals surface area contributed by atoms with Crippen molar-refractivity contribution in [2.24, 2.45) is 11.7 Å². The first-order chi connectivity index (χ1) is 9.78. The van der Waals surface area contributed by atoms with E-state index in [1.54, 1.807) is 0 Å². The van der Waals surface area contributed by atoms with Crippen LogP contribution in [0.15, 0.2) is 28.7 Å². The topological polar surface area (TPSA) is 32.5 Å². The first-order valence-electron chi connectivity index (χ1n) is 7.71. The molecule has 0 aliphatic carbocycles. The van der Waals surface area contributed by atoms with Gasteiger partial charge in [0, 0.05) is 30.1 Å². The summed E-state index contributed by atoms with van der Waals surface area (Å²) in [5.74, 6) is 0.733. The number of hydrogen-bond acceptors (Lipinski definition) is 3. The molecule has 0 spiro atoms. The van der Waals surface area contributed by atoms with Gasteiger partial charge in [-0.3, -0.25) is 4.90 Å². The highest BCUT2D eigenvalue weighted by Gasteiger charge is 2.30. The van der Waals surface area contributed by atoms with Gasteiger partial charge >= 0.3 is 0 Å². The second-order valence-electron chi connectivity index (χ2n) is 6.05. The molecule has 2 aliphatic rings. The molecule has 4 heteroatoms. The van der Waals surface area contributed by atoms with Gasteiger partial charge in [-0.25, -0.2) is 0 Å². The number of benzene rings is 1. The van der Waals surface area contributed by atoms with Crippen molar-refractivity contribution in [3.63, 3.8) is 0 Å². The van der Waals surface area contributed by atoms with Gasteiger partial charge in [0.05, 0.1) is 5.69 Å². The van der Waals surface area contributed by atoms with Crippen LogP contribution in [0.25, 0.3) is 0 Å². The maximum absolute atomic E-state index is 5.80. The minimum atomic E-state index is 0.733. The lowest BCUT2D eigenvalue weighted by atomic mass is 10.0. The zero-order valence-electron chi connectivity index (χ0n) is 12.0. The summed E-state index contributed by atoms with van der Waals surface area (Å²) in [5, 5.41) is 0. The van der Waals surface area contributed by atoms with E-state index in [0.29, 0.717) is 0 Å². The second-order valence-corrected chi connectivity index (χ2v) is 6.91. The van der Waals surface area contributed by atoms with Gasteiger partial charge in [-0.2, -0.15) is 0 Å². The van der Waals surface area contributed by atoms with Gasteiger partial charge in [-0.05, 0) is 66.3 Å². The Bertz CT molecular complexity index is 443. The van der Waals surface area contributed by atoms with Gasteiger partial charge in [0.15, 0.2) is 0 Å². The van der Waals surface area contributed by atoms with E-state index in [-0.39, 0.29) is 0 Å². The van der Waals surface area contributed by atoms with Gasteiger partial charge in [-0.1, -0.05) is 12.1 Å². The highest BCUT2D eigenvalue weighted by atomic mass is 79.9. The molecule has 0 saturated carbocycles. The molecule has 3 nitrogen and oxygen atoms in total. The molecular formula is C16H24BrN3. The average molecular weight is 338 g/mol. The first kappa shape index (κ1) is 14.4. The first-order valence-corrected chi connectivity index (χ1v) is 8.51. The molecule has 2 heterocycles. The fraction of sp³-hybridized carbons (Fsp3) is 0.625. The zero-order chi connectivity index (χ0) is 13.9. The molecule has 0 aromatic heterocycles. The van der Waals surface area contributed by atoms with Crippen LogP contribution in [0.3, 0.4) is 0 Å². The summed E-state index contributed by atoms with van der Waals surface area (Å²) < 4.78 is 1.21. The van der Waals surface area contributed by atoms with Crippen LogP contribution in [-0.2, 0) is 0 Å². The number of halogens is 1. The third kappa shape index (κ3) is 3.02. The number of anilines is 1. The Morgan fingerprint density at radius 2 is 1.85 bits per heavy atom. The number of piperidine rings is 1. The molecular weight excluding hydrogens is 314 g/mol. The minimum absolute atomic E-state index is 0.733. The normalized spacial score (nSPS) is 25.3. The molecule has 0 bridgehead atoms. The van der Waals surface area contributed by atoms with Gasteiger partial charge in [0.1, 0.15) is 0 Å². The molecule has 1 unspecified atom stereocenters. The third-order valence-corrected chi connectivity index (χ3v) is 5.50. The van der Waals surface area contributed by atoms with Crippen molar-refractivity contribution in [3.05, 3.63) is 28.7 Å². The van der Waals surface area contributed by atoms with E-state index in [4.69, 9.17) is 5.73 Å². The van der Waals surface area contributed by atoms with Crippen LogP contribution in [0.4, 0.5) is 5.69 Å². The number of hydrogen-bond donors (Lipinski definition) is 1. The maximum atomic E-state index is 5.80. The number of nitrogens with two attached hydrogens (primary N) is 1. The summed E-state index contributed by atoms with van der Waals surface area (Å²) in [6.07, 6.45) is 3.85. The van der Waals surface area contributed by atoms with Crippen LogP contribution in [-0.4, -0.2) is 43.7 Å². The number of nitrogens with zero attached hydrogens (tertiary/aromatic N) is 2. The molecule has 20 heavy (non-hydrogen) atoms. The summed E-state index contributed by atoms with van der Waals surface area (Å²) in [5.41, 5.74) is 7.14. The Kier molecular flexibility index (Phi) is 4.64. The van der Waals surface area contributed by atoms with Crippen LogP contribution < -0.4 is 10.6 Å². The van der Waals surface area contributed by atoms with E-state index in [9.17, 15) is 0 Å². The van der Waals surface area contributed by atoms with Crippen LogP contribution in [0.1, 0.15) is 19.3 Å². The summed E-state index contributed by atoms with van der Waals surface area (Å²) in [4.78, 5) is 5.19. The van der Waals surface area contributed by atoms with E-state index in [0.717, 1.165) is 31.6 Å². The SMILES string of the molecule is NCC1CCN(C2CCN(c3ccccc3Br)CC2)C1. The van der Waals surface area contributed by atoms with Crippen molar-refractivity contribution in [2.75, 3.05) is 37.6 Å². The van der Waals surface area contributed by atoms with E-state index in [1.165, 1.54) is 42.5 Å². The molecule has 2 N–H and O–H groups in total. The number of para-hydroxylation sites is 1. The molecule has 1 atom stereocenters. The van der Waals surface area contributed by atoms with Crippen molar-refractivity contribution in [1.29, 1.82) is 0 Å². The largest absolute Gasteiger partial charge is 0.371 e. The minimum Gasteiger partial charge on any atom is -0.371 e. The van der Waals surface area contributed by atoms with Crippen LogP contribution in [0, 0.1) is 5.92 Å². The molecule has 2 aliphatic heterocycles. The summed E-state index contributed by atoms with van der Waals surface area (Å²) >= 11 is 3.66. The average Bonchev–Trinajstić information content (AvgIpc) is 2.97. The molecule has 2 fully saturated rings. The fourth-order valence-corrected chi connectivity index (χ4v) is 4.10. The van der Waals surface area contributed by atoms with Crippen LogP contribution in [0.5, 0.6) is 0 Å². The Hall–Kier alpha value is -0.580. The van der Waals surface area contributed by atoms with Crippen LogP contribution >= 0.6 is 15.9 Å². The van der Waals surface area contributed by atoms with Crippen LogP contribution in [0.2, 0.25) is 0 Å². The fourth-order valence-electron chi connectivity index (χ4n) is 3.57. The lowest BCUT2D eigenvalue weighted by Gasteiger charge is -2.38. The smallest absolute Gasteiger partial charge is 0.0510 e. The third-order valence-electron chi connectivity index (χ3n) is 4.82. The Balaban J connectivity index is 1.56. The molecule has 2 saturated heterocycles. The lowest BCUT2D eigenvalue weighted by Crippen LogP contribution is -2.44. The molecule has 1 aromatic carbocycles. The Morgan fingerprint density at radius 3 is 2.50 bits per heavy atom. The quantitative estimate of drug-likeness (QED) is 0.920. The molecule has 0 amide bonds. The Labute approximate surface area is 130 Å². The maximum Gasteiger partial charge on any atom is 0.0510 e. The van der Waals surface area contributed by atoms with Crippen molar-refractivity contribution in [3.8, 4) is 0 Å². The highest BCUT2D eigenvalue weighted by Crippen LogP contribution is 2.30. The summed E-state index contributed by atoms with van der Waals surface area (Å²) in [6, 6.07) is 9.32. The van der Waals surface area contributed by atoms with Gasteiger partial charge in [0.2, 0.25) is 0 Å². The van der Waals surface area contributed by atoms with Gasteiger partial charge in [0.25, 0.3) is 0 Å².